The lowest BCUT2D eigenvalue weighted by molar-refractivity contribution is -0.0902. The van der Waals surface area contributed by atoms with Crippen LogP contribution in [0, 0.1) is 0 Å². The molecule has 0 aliphatic carbocycles. The summed E-state index contributed by atoms with van der Waals surface area (Å²) in [7, 11) is 3.33. The molecule has 11 nitrogen and oxygen atoms in total. The van der Waals surface area contributed by atoms with E-state index in [1.807, 2.05) is 102 Å². The van der Waals surface area contributed by atoms with Gasteiger partial charge in [0.1, 0.15) is 41.2 Å². The molecule has 330 valence electrons. The number of fused-ring (bicyclic) bond motifs is 1. The van der Waals surface area contributed by atoms with E-state index in [-0.39, 0.29) is 6.61 Å². The summed E-state index contributed by atoms with van der Waals surface area (Å²) in [5.74, 6) is 2.01. The molecule has 8 aromatic rings. The molecule has 0 spiro atoms. The topological polar surface area (TPSA) is 116 Å². The maximum atomic E-state index is 12.5. The molecule has 2 aromatic heterocycles. The number of anilines is 1. The first kappa shape index (κ1) is 43.4. The van der Waals surface area contributed by atoms with Crippen LogP contribution >= 0.6 is 0 Å². The van der Waals surface area contributed by atoms with Gasteiger partial charge in [-0.3, -0.25) is 9.47 Å². The van der Waals surface area contributed by atoms with Crippen molar-refractivity contribution in [3.05, 3.63) is 216 Å². The van der Waals surface area contributed by atoms with Gasteiger partial charge in [0, 0.05) is 0 Å². The van der Waals surface area contributed by atoms with Gasteiger partial charge < -0.3 is 29.4 Å². The minimum Gasteiger partial charge on any atom is -0.497 e. The number of nitrogens with zero attached hydrogens (tertiary/aromatic N) is 5. The van der Waals surface area contributed by atoms with Gasteiger partial charge in [-0.2, -0.15) is 0 Å². The van der Waals surface area contributed by atoms with Crippen molar-refractivity contribution >= 4 is 17.0 Å². The number of methoxy groups -OCH3 is 2. The zero-order valence-corrected chi connectivity index (χ0v) is 37.1. The van der Waals surface area contributed by atoms with Gasteiger partial charge in [-0.05, 0) is 70.7 Å². The van der Waals surface area contributed by atoms with Gasteiger partial charge in [-0.1, -0.05) is 159 Å². The van der Waals surface area contributed by atoms with Crippen LogP contribution in [0.3, 0.4) is 0 Å². The van der Waals surface area contributed by atoms with E-state index >= 15 is 0 Å². The summed E-state index contributed by atoms with van der Waals surface area (Å²) in [6, 6.07) is 56.8. The summed E-state index contributed by atoms with van der Waals surface area (Å²) in [6.07, 6.45) is 0.847. The zero-order valence-electron chi connectivity index (χ0n) is 37.1. The molecule has 2 N–H and O–H groups in total. The van der Waals surface area contributed by atoms with Crippen molar-refractivity contribution in [1.82, 2.24) is 24.4 Å². The fraction of sp³-hybridized carbons (Fsp3) is 0.241. The first-order chi connectivity index (χ1) is 31.9. The molecule has 6 aromatic carbocycles. The van der Waals surface area contributed by atoms with E-state index in [9.17, 15) is 5.11 Å². The Morgan fingerprint density at radius 3 is 1.57 bits per heavy atom. The minimum atomic E-state index is -1.03. The summed E-state index contributed by atoms with van der Waals surface area (Å²) in [5, 5.41) is 16.4. The molecule has 1 saturated heterocycles. The summed E-state index contributed by atoms with van der Waals surface area (Å²) in [5.41, 5.74) is 4.91. The van der Waals surface area contributed by atoms with Crippen LogP contribution in [-0.4, -0.2) is 81.7 Å². The second-order valence-corrected chi connectivity index (χ2v) is 16.1. The predicted octanol–water partition coefficient (Wildman–Crippen LogP) is 9.22. The number of aliphatic hydroxyl groups is 1. The van der Waals surface area contributed by atoms with Gasteiger partial charge in [0.05, 0.1) is 33.2 Å². The Kier molecular flexibility index (Phi) is 12.7. The van der Waals surface area contributed by atoms with E-state index < -0.39 is 35.6 Å². The smallest absolute Gasteiger partial charge is 0.167 e. The Bertz CT molecular complexity index is 2670. The third-order valence-corrected chi connectivity index (χ3v) is 12.8. The fourth-order valence-corrected chi connectivity index (χ4v) is 9.56. The third kappa shape index (κ3) is 8.01. The Morgan fingerprint density at radius 1 is 0.615 bits per heavy atom. The van der Waals surface area contributed by atoms with Crippen LogP contribution < -0.4 is 14.8 Å². The van der Waals surface area contributed by atoms with Crippen LogP contribution in [0.5, 0.6) is 11.5 Å². The van der Waals surface area contributed by atoms with E-state index in [1.165, 1.54) is 6.33 Å². The molecule has 0 bridgehead atoms. The second kappa shape index (κ2) is 19.1. The fourth-order valence-electron chi connectivity index (χ4n) is 9.56. The Balaban J connectivity index is 1.11. The summed E-state index contributed by atoms with van der Waals surface area (Å²) in [6.45, 7) is 5.74. The van der Waals surface area contributed by atoms with Gasteiger partial charge in [-0.25, -0.2) is 15.0 Å². The summed E-state index contributed by atoms with van der Waals surface area (Å²) >= 11 is 0. The molecule has 0 unspecified atom stereocenters. The Labute approximate surface area is 380 Å². The van der Waals surface area contributed by atoms with Crippen molar-refractivity contribution in [1.29, 1.82) is 0 Å². The molecule has 11 heteroatoms. The van der Waals surface area contributed by atoms with Gasteiger partial charge in [0.15, 0.2) is 23.2 Å². The standard InChI is InChI=1S/C54H54N6O5/c1-5-59(6-2)48-46(35-64-54(41-23-15-9-16-24-41,42-25-17-10-18-26-42)43-29-33-45(63-4)34-30-43)65-52(49(48)61)60-37-57-47-50(55-36-56-51(47)60)58-53(38-19-11-7-12-20-38,39-21-13-8-14-22-39)40-27-31-44(62-3)32-28-40/h7-34,36-37,46,48-49,52,61H,5-6,35H2,1-4H3,(H,55,56,58)/t46-,48-,49-,52-/m1/s1. The summed E-state index contributed by atoms with van der Waals surface area (Å²) in [4.78, 5) is 16.8. The molecule has 4 atom stereocenters. The molecule has 0 amide bonds. The molecule has 0 saturated carbocycles. The highest BCUT2D eigenvalue weighted by atomic mass is 16.6. The maximum Gasteiger partial charge on any atom is 0.167 e. The Morgan fingerprint density at radius 2 is 1.08 bits per heavy atom. The third-order valence-electron chi connectivity index (χ3n) is 12.8. The van der Waals surface area contributed by atoms with Crippen LogP contribution in [0.4, 0.5) is 5.82 Å². The minimum absolute atomic E-state index is 0.150. The number of nitrogens with one attached hydrogen (secondary N) is 1. The van der Waals surface area contributed by atoms with Crippen LogP contribution in [0.25, 0.3) is 11.2 Å². The van der Waals surface area contributed by atoms with Crippen LogP contribution in [-0.2, 0) is 20.6 Å². The number of rotatable bonds is 17. The number of hydrogen-bond acceptors (Lipinski definition) is 10. The molecule has 1 fully saturated rings. The van der Waals surface area contributed by atoms with E-state index in [1.54, 1.807) is 20.5 Å². The van der Waals surface area contributed by atoms with Crippen molar-refractivity contribution in [2.75, 3.05) is 39.2 Å². The Hall–Kier alpha value is -6.89. The van der Waals surface area contributed by atoms with Crippen LogP contribution in [0.15, 0.2) is 183 Å². The molecule has 0 radical (unpaired) electrons. The summed E-state index contributed by atoms with van der Waals surface area (Å²) < 4.78 is 27.4. The molecular formula is C54H54N6O5. The normalized spacial score (nSPS) is 17.6. The van der Waals surface area contributed by atoms with Crippen molar-refractivity contribution in [3.63, 3.8) is 0 Å². The number of hydrogen-bond donors (Lipinski definition) is 2. The molecule has 1 aliphatic heterocycles. The average Bonchev–Trinajstić information content (AvgIpc) is 3.96. The lowest BCUT2D eigenvalue weighted by atomic mass is 9.77. The van der Waals surface area contributed by atoms with Gasteiger partial charge in [0.25, 0.3) is 0 Å². The van der Waals surface area contributed by atoms with Crippen molar-refractivity contribution in [3.8, 4) is 11.5 Å². The highest BCUT2D eigenvalue weighted by Gasteiger charge is 2.49. The van der Waals surface area contributed by atoms with Crippen molar-refractivity contribution < 1.29 is 24.1 Å². The number of ether oxygens (including phenoxy) is 4. The number of likely N-dealkylation sites (N-methyl/N-ethyl adjacent to an activating group) is 1. The van der Waals surface area contributed by atoms with E-state index in [2.05, 4.69) is 96.9 Å². The zero-order chi connectivity index (χ0) is 44.8. The van der Waals surface area contributed by atoms with Gasteiger partial charge >= 0.3 is 0 Å². The largest absolute Gasteiger partial charge is 0.497 e. The SMILES string of the molecule is CCN(CC)[C@H]1[C@@H](O)[C@H](n2cnc3c(NC(c4ccccc4)(c4ccccc4)c4ccc(OC)cc4)ncnc32)O[C@@H]1COC(c1ccccc1)(c1ccccc1)c1ccc(OC)cc1. The van der Waals surface area contributed by atoms with Crippen LogP contribution in [0.1, 0.15) is 53.5 Å². The van der Waals surface area contributed by atoms with Crippen LogP contribution in [0.2, 0.25) is 0 Å². The van der Waals surface area contributed by atoms with E-state index in [0.717, 1.165) is 44.9 Å². The molecule has 3 heterocycles. The maximum absolute atomic E-state index is 12.5. The van der Waals surface area contributed by atoms with E-state index in [0.29, 0.717) is 30.1 Å². The first-order valence-electron chi connectivity index (χ1n) is 22.1. The molecule has 1 aliphatic rings. The van der Waals surface area contributed by atoms with E-state index in [4.69, 9.17) is 33.9 Å². The second-order valence-electron chi connectivity index (χ2n) is 16.1. The lowest BCUT2D eigenvalue weighted by Gasteiger charge is -2.38. The molecular weight excluding hydrogens is 813 g/mol. The quantitative estimate of drug-likeness (QED) is 0.0859. The predicted molar refractivity (Wildman–Crippen MR) is 253 cm³/mol. The monoisotopic (exact) mass is 866 g/mol. The highest BCUT2D eigenvalue weighted by Crippen LogP contribution is 2.45. The van der Waals surface area contributed by atoms with Crippen molar-refractivity contribution in [2.45, 2.75) is 49.5 Å². The number of imidazole rings is 1. The highest BCUT2D eigenvalue weighted by molar-refractivity contribution is 5.84. The average molecular weight is 867 g/mol. The van der Waals surface area contributed by atoms with Gasteiger partial charge in [0.2, 0.25) is 0 Å². The number of benzene rings is 6. The molecule has 65 heavy (non-hydrogen) atoms. The number of aliphatic hydroxyl groups excluding tert-OH is 1. The van der Waals surface area contributed by atoms with Gasteiger partial charge in [-0.15, -0.1) is 0 Å². The lowest BCUT2D eigenvalue weighted by Crippen LogP contribution is -2.49. The molecule has 9 rings (SSSR count). The number of aromatic nitrogens is 4. The first-order valence-corrected chi connectivity index (χ1v) is 22.1. The van der Waals surface area contributed by atoms with Crippen molar-refractivity contribution in [2.24, 2.45) is 0 Å².